The molecule has 28 heavy (non-hydrogen) atoms. The van der Waals surface area contributed by atoms with E-state index >= 15 is 0 Å². The molecule has 2 aliphatic heterocycles. The van der Waals surface area contributed by atoms with E-state index in [1.165, 1.54) is 5.56 Å². The van der Waals surface area contributed by atoms with Crippen LogP contribution in [0.15, 0.2) is 54.6 Å². The number of benzene rings is 2. The highest BCUT2D eigenvalue weighted by molar-refractivity contribution is 6.22. The molecule has 0 bridgehead atoms. The number of amides is 3. The predicted molar refractivity (Wildman–Crippen MR) is 105 cm³/mol. The van der Waals surface area contributed by atoms with Crippen molar-refractivity contribution in [1.29, 1.82) is 0 Å². The highest BCUT2D eigenvalue weighted by atomic mass is 16.2. The van der Waals surface area contributed by atoms with Gasteiger partial charge in [-0.25, -0.2) is 0 Å². The molecule has 6 nitrogen and oxygen atoms in total. The number of carbonyl (C=O) groups excluding carboxylic acids is 3. The third kappa shape index (κ3) is 3.82. The summed E-state index contributed by atoms with van der Waals surface area (Å²) >= 11 is 0. The first kappa shape index (κ1) is 18.4. The van der Waals surface area contributed by atoms with Gasteiger partial charge in [-0.15, -0.1) is 0 Å². The molecule has 2 aromatic carbocycles. The molecule has 1 saturated heterocycles. The van der Waals surface area contributed by atoms with Crippen LogP contribution in [0.3, 0.4) is 0 Å². The summed E-state index contributed by atoms with van der Waals surface area (Å²) in [6.07, 6.45) is 1.72. The highest BCUT2D eigenvalue weighted by Gasteiger charge is 2.36. The Bertz CT molecular complexity index is 854. The van der Waals surface area contributed by atoms with E-state index in [2.05, 4.69) is 22.3 Å². The van der Waals surface area contributed by atoms with E-state index in [-0.39, 0.29) is 18.5 Å². The lowest BCUT2D eigenvalue weighted by atomic mass is 10.0. The number of piperidine rings is 1. The number of rotatable bonds is 5. The van der Waals surface area contributed by atoms with Crippen molar-refractivity contribution in [3.8, 4) is 0 Å². The van der Waals surface area contributed by atoms with Crippen molar-refractivity contribution in [1.82, 2.24) is 15.1 Å². The molecular weight excluding hydrogens is 354 g/mol. The molecule has 0 spiro atoms. The van der Waals surface area contributed by atoms with Crippen LogP contribution in [0.4, 0.5) is 0 Å². The molecule has 6 heteroatoms. The summed E-state index contributed by atoms with van der Waals surface area (Å²) in [6.45, 7) is 2.51. The molecule has 0 unspecified atom stereocenters. The van der Waals surface area contributed by atoms with Crippen LogP contribution in [0.5, 0.6) is 0 Å². The second-order valence-corrected chi connectivity index (χ2v) is 7.35. The van der Waals surface area contributed by atoms with Crippen LogP contribution in [-0.4, -0.2) is 53.2 Å². The van der Waals surface area contributed by atoms with Gasteiger partial charge in [0.2, 0.25) is 5.91 Å². The lowest BCUT2D eigenvalue weighted by Crippen LogP contribution is -2.48. The molecule has 0 aromatic heterocycles. The second kappa shape index (κ2) is 7.94. The Kier molecular flexibility index (Phi) is 5.21. The molecule has 0 aliphatic carbocycles. The van der Waals surface area contributed by atoms with E-state index < -0.39 is 11.8 Å². The quantitative estimate of drug-likeness (QED) is 0.810. The van der Waals surface area contributed by atoms with Crippen LogP contribution in [0.25, 0.3) is 0 Å². The van der Waals surface area contributed by atoms with Gasteiger partial charge in [-0.3, -0.25) is 24.2 Å². The first-order valence-corrected chi connectivity index (χ1v) is 9.62. The van der Waals surface area contributed by atoms with E-state index in [0.29, 0.717) is 11.1 Å². The van der Waals surface area contributed by atoms with Gasteiger partial charge < -0.3 is 5.32 Å². The zero-order chi connectivity index (χ0) is 19.5. The molecule has 0 atom stereocenters. The molecule has 2 aromatic rings. The lowest BCUT2D eigenvalue weighted by Gasteiger charge is -2.32. The summed E-state index contributed by atoms with van der Waals surface area (Å²) in [6, 6.07) is 17.1. The summed E-state index contributed by atoms with van der Waals surface area (Å²) < 4.78 is 0. The number of hydrogen-bond donors (Lipinski definition) is 1. The number of hydrogen-bond acceptors (Lipinski definition) is 4. The average Bonchev–Trinajstić information content (AvgIpc) is 2.95. The molecule has 1 fully saturated rings. The molecule has 144 valence electrons. The van der Waals surface area contributed by atoms with Crippen LogP contribution in [0, 0.1) is 0 Å². The number of imide groups is 1. The first-order valence-electron chi connectivity index (χ1n) is 9.62. The monoisotopic (exact) mass is 377 g/mol. The SMILES string of the molecule is O=C(CN1C(=O)c2ccccc2C1=O)NC1CCN(Cc2ccccc2)CC1. The molecular formula is C22H23N3O3. The number of likely N-dealkylation sites (tertiary alicyclic amines) is 1. The van der Waals surface area contributed by atoms with Gasteiger partial charge in [0.05, 0.1) is 11.1 Å². The van der Waals surface area contributed by atoms with E-state index in [1.807, 2.05) is 18.2 Å². The van der Waals surface area contributed by atoms with Crippen LogP contribution < -0.4 is 5.32 Å². The lowest BCUT2D eigenvalue weighted by molar-refractivity contribution is -0.122. The number of nitrogens with one attached hydrogen (secondary N) is 1. The second-order valence-electron chi connectivity index (χ2n) is 7.35. The van der Waals surface area contributed by atoms with Crippen molar-refractivity contribution < 1.29 is 14.4 Å². The van der Waals surface area contributed by atoms with Crippen molar-refractivity contribution >= 4 is 17.7 Å². The van der Waals surface area contributed by atoms with Crippen LogP contribution in [0.2, 0.25) is 0 Å². The van der Waals surface area contributed by atoms with Crippen molar-refractivity contribution in [2.24, 2.45) is 0 Å². The summed E-state index contributed by atoms with van der Waals surface area (Å²) in [4.78, 5) is 40.6. The van der Waals surface area contributed by atoms with Crippen LogP contribution in [0.1, 0.15) is 39.1 Å². The van der Waals surface area contributed by atoms with Crippen LogP contribution in [-0.2, 0) is 11.3 Å². The molecule has 2 heterocycles. The minimum atomic E-state index is -0.395. The van der Waals surface area contributed by atoms with Crippen molar-refractivity contribution in [2.45, 2.75) is 25.4 Å². The Balaban J connectivity index is 1.26. The minimum absolute atomic E-state index is 0.0784. The largest absolute Gasteiger partial charge is 0.352 e. The van der Waals surface area contributed by atoms with Gasteiger partial charge in [0.25, 0.3) is 11.8 Å². The molecule has 3 amide bonds. The molecule has 0 saturated carbocycles. The third-order valence-electron chi connectivity index (χ3n) is 5.38. The predicted octanol–water partition coefficient (Wildman–Crippen LogP) is 2.06. The standard InChI is InChI=1S/C22H23N3O3/c26-20(15-25-21(27)18-8-4-5-9-19(18)22(25)28)23-17-10-12-24(13-11-17)14-16-6-2-1-3-7-16/h1-9,17H,10-15H2,(H,23,26). The molecule has 2 aliphatic rings. The van der Waals surface area contributed by atoms with E-state index in [9.17, 15) is 14.4 Å². The van der Waals surface area contributed by atoms with Gasteiger partial charge in [0.15, 0.2) is 0 Å². The third-order valence-corrected chi connectivity index (χ3v) is 5.38. The first-order chi connectivity index (χ1) is 13.6. The maximum Gasteiger partial charge on any atom is 0.262 e. The Morgan fingerprint density at radius 2 is 1.46 bits per heavy atom. The topological polar surface area (TPSA) is 69.7 Å². The molecule has 0 radical (unpaired) electrons. The van der Waals surface area contributed by atoms with E-state index in [4.69, 9.17) is 0 Å². The van der Waals surface area contributed by atoms with Gasteiger partial charge in [0, 0.05) is 25.7 Å². The van der Waals surface area contributed by atoms with E-state index in [1.54, 1.807) is 24.3 Å². The summed E-state index contributed by atoms with van der Waals surface area (Å²) in [5.74, 6) is -1.07. The van der Waals surface area contributed by atoms with Crippen molar-refractivity contribution in [2.75, 3.05) is 19.6 Å². The molecule has 4 rings (SSSR count). The van der Waals surface area contributed by atoms with Gasteiger partial charge in [-0.2, -0.15) is 0 Å². The number of carbonyl (C=O) groups is 3. The maximum absolute atomic E-state index is 12.4. The Morgan fingerprint density at radius 1 is 0.893 bits per heavy atom. The fourth-order valence-corrected chi connectivity index (χ4v) is 3.88. The zero-order valence-corrected chi connectivity index (χ0v) is 15.6. The number of nitrogens with zero attached hydrogens (tertiary/aromatic N) is 2. The maximum atomic E-state index is 12.4. The fraction of sp³-hybridized carbons (Fsp3) is 0.318. The zero-order valence-electron chi connectivity index (χ0n) is 15.6. The number of fused-ring (bicyclic) bond motifs is 1. The van der Waals surface area contributed by atoms with Crippen molar-refractivity contribution in [3.05, 3.63) is 71.3 Å². The molecule has 1 N–H and O–H groups in total. The minimum Gasteiger partial charge on any atom is -0.352 e. The van der Waals surface area contributed by atoms with E-state index in [0.717, 1.165) is 37.4 Å². The van der Waals surface area contributed by atoms with Gasteiger partial charge in [-0.05, 0) is 30.5 Å². The Labute approximate surface area is 164 Å². The van der Waals surface area contributed by atoms with Gasteiger partial charge >= 0.3 is 0 Å². The van der Waals surface area contributed by atoms with Gasteiger partial charge in [-0.1, -0.05) is 42.5 Å². The Hall–Kier alpha value is -2.99. The summed E-state index contributed by atoms with van der Waals surface area (Å²) in [5.41, 5.74) is 2.03. The normalized spacial score (nSPS) is 17.6. The van der Waals surface area contributed by atoms with Gasteiger partial charge in [0.1, 0.15) is 6.54 Å². The summed E-state index contributed by atoms with van der Waals surface area (Å²) in [7, 11) is 0. The summed E-state index contributed by atoms with van der Waals surface area (Å²) in [5, 5.41) is 2.99. The van der Waals surface area contributed by atoms with Crippen molar-refractivity contribution in [3.63, 3.8) is 0 Å². The Morgan fingerprint density at radius 3 is 2.07 bits per heavy atom. The average molecular weight is 377 g/mol. The fourth-order valence-electron chi connectivity index (χ4n) is 3.88. The highest BCUT2D eigenvalue weighted by Crippen LogP contribution is 2.22. The van der Waals surface area contributed by atoms with Crippen LogP contribution >= 0.6 is 0 Å². The smallest absolute Gasteiger partial charge is 0.262 e.